The van der Waals surface area contributed by atoms with Crippen LogP contribution in [0.5, 0.6) is 0 Å². The van der Waals surface area contributed by atoms with Gasteiger partial charge in [0.15, 0.2) is 0 Å². The van der Waals surface area contributed by atoms with Crippen molar-refractivity contribution in [3.05, 3.63) is 0 Å². The highest BCUT2D eigenvalue weighted by Crippen LogP contribution is 2.30. The van der Waals surface area contributed by atoms with Gasteiger partial charge in [0.05, 0.1) is 0 Å². The van der Waals surface area contributed by atoms with Crippen LogP contribution >= 0.6 is 0 Å². The minimum absolute atomic E-state index is 0.405. The maximum atomic E-state index is 11.6. The maximum absolute atomic E-state index is 11.6. The van der Waals surface area contributed by atoms with E-state index in [2.05, 4.69) is 11.8 Å². The number of nitrogens with zero attached hydrogens (tertiary/aromatic N) is 1. The molecular formula is C14H25NO. The molecule has 2 fully saturated rings. The lowest BCUT2D eigenvalue weighted by Gasteiger charge is -2.23. The number of Topliss-reactive ketones (excluding diaryl/α,β-unsaturated/α-hetero) is 1. The Hall–Kier alpha value is -0.370. The molecule has 2 aliphatic carbocycles. The third kappa shape index (κ3) is 3.31. The van der Waals surface area contributed by atoms with Crippen molar-refractivity contribution in [2.45, 2.75) is 64.3 Å². The van der Waals surface area contributed by atoms with Crippen molar-refractivity contribution in [1.29, 1.82) is 0 Å². The Balaban J connectivity index is 1.70. The van der Waals surface area contributed by atoms with E-state index in [9.17, 15) is 4.79 Å². The number of carbonyl (C=O) groups excluding carboxylic acids is 1. The Labute approximate surface area is 99.4 Å². The Morgan fingerprint density at radius 1 is 1.25 bits per heavy atom. The zero-order valence-corrected chi connectivity index (χ0v) is 10.6. The van der Waals surface area contributed by atoms with E-state index in [1.807, 2.05) is 0 Å². The van der Waals surface area contributed by atoms with Crippen LogP contribution in [0.3, 0.4) is 0 Å². The summed E-state index contributed by atoms with van der Waals surface area (Å²) in [5.74, 6) is 0.939. The fourth-order valence-corrected chi connectivity index (χ4v) is 2.79. The SMILES string of the molecule is CCCCN(CCC1CCCC1=O)C1CC1. The van der Waals surface area contributed by atoms with Gasteiger partial charge in [-0.25, -0.2) is 0 Å². The molecule has 1 atom stereocenters. The molecule has 0 radical (unpaired) electrons. The molecule has 0 amide bonds. The summed E-state index contributed by atoms with van der Waals surface area (Å²) >= 11 is 0. The first-order valence-electron chi connectivity index (χ1n) is 7.08. The normalized spacial score (nSPS) is 25.6. The van der Waals surface area contributed by atoms with Crippen LogP contribution < -0.4 is 0 Å². The van der Waals surface area contributed by atoms with E-state index in [0.717, 1.165) is 31.7 Å². The van der Waals surface area contributed by atoms with E-state index in [1.54, 1.807) is 0 Å². The second kappa shape index (κ2) is 5.81. The smallest absolute Gasteiger partial charge is 0.136 e. The molecule has 0 N–H and O–H groups in total. The maximum Gasteiger partial charge on any atom is 0.136 e. The average molecular weight is 223 g/mol. The molecule has 2 aliphatic rings. The van der Waals surface area contributed by atoms with Gasteiger partial charge in [-0.1, -0.05) is 13.3 Å². The predicted octanol–water partition coefficient (Wildman–Crippen LogP) is 3.01. The Morgan fingerprint density at radius 2 is 2.06 bits per heavy atom. The first-order chi connectivity index (χ1) is 7.81. The Morgan fingerprint density at radius 3 is 2.62 bits per heavy atom. The second-order valence-electron chi connectivity index (χ2n) is 5.46. The number of unbranched alkanes of at least 4 members (excludes halogenated alkanes) is 1. The minimum atomic E-state index is 0.405. The lowest BCUT2D eigenvalue weighted by molar-refractivity contribution is -0.120. The van der Waals surface area contributed by atoms with Gasteiger partial charge in [0.1, 0.15) is 5.78 Å². The Bertz CT molecular complexity index is 235. The van der Waals surface area contributed by atoms with E-state index in [0.29, 0.717) is 11.7 Å². The van der Waals surface area contributed by atoms with Crippen LogP contribution in [0.15, 0.2) is 0 Å². The number of hydrogen-bond donors (Lipinski definition) is 0. The number of carbonyl (C=O) groups is 1. The highest BCUT2D eigenvalue weighted by molar-refractivity contribution is 5.82. The quantitative estimate of drug-likeness (QED) is 0.661. The van der Waals surface area contributed by atoms with Crippen LogP contribution in [0.1, 0.15) is 58.3 Å². The molecule has 0 aliphatic heterocycles. The molecule has 0 heterocycles. The fourth-order valence-electron chi connectivity index (χ4n) is 2.79. The molecule has 2 saturated carbocycles. The fraction of sp³-hybridized carbons (Fsp3) is 0.929. The molecule has 2 nitrogen and oxygen atoms in total. The predicted molar refractivity (Wildman–Crippen MR) is 66.5 cm³/mol. The van der Waals surface area contributed by atoms with E-state index in [4.69, 9.17) is 0 Å². The molecule has 92 valence electrons. The number of ketones is 1. The van der Waals surface area contributed by atoms with Crippen LogP contribution in [0.2, 0.25) is 0 Å². The molecule has 0 saturated heterocycles. The summed E-state index contributed by atoms with van der Waals surface area (Å²) in [4.78, 5) is 14.2. The second-order valence-corrected chi connectivity index (χ2v) is 5.46. The summed E-state index contributed by atoms with van der Waals surface area (Å²) in [5, 5.41) is 0. The molecular weight excluding hydrogens is 198 g/mol. The Kier molecular flexibility index (Phi) is 4.39. The zero-order valence-electron chi connectivity index (χ0n) is 10.6. The molecule has 0 bridgehead atoms. The summed E-state index contributed by atoms with van der Waals surface area (Å²) in [6, 6.07) is 0.864. The molecule has 0 spiro atoms. The van der Waals surface area contributed by atoms with E-state index in [1.165, 1.54) is 38.8 Å². The van der Waals surface area contributed by atoms with Crippen molar-refractivity contribution in [3.63, 3.8) is 0 Å². The van der Waals surface area contributed by atoms with Gasteiger partial charge >= 0.3 is 0 Å². The van der Waals surface area contributed by atoms with Crippen molar-refractivity contribution in [1.82, 2.24) is 4.90 Å². The van der Waals surface area contributed by atoms with Crippen molar-refractivity contribution in [2.24, 2.45) is 5.92 Å². The van der Waals surface area contributed by atoms with Gasteiger partial charge in [0.25, 0.3) is 0 Å². The van der Waals surface area contributed by atoms with E-state index >= 15 is 0 Å². The lowest BCUT2D eigenvalue weighted by atomic mass is 10.0. The largest absolute Gasteiger partial charge is 0.300 e. The summed E-state index contributed by atoms with van der Waals surface area (Å²) < 4.78 is 0. The van der Waals surface area contributed by atoms with Crippen LogP contribution in [0.4, 0.5) is 0 Å². The molecule has 1 unspecified atom stereocenters. The molecule has 0 aromatic rings. The first kappa shape index (κ1) is 12.1. The van der Waals surface area contributed by atoms with Gasteiger partial charge in [-0.15, -0.1) is 0 Å². The van der Waals surface area contributed by atoms with Crippen LogP contribution in [-0.4, -0.2) is 29.8 Å². The van der Waals surface area contributed by atoms with Gasteiger partial charge in [-0.3, -0.25) is 4.79 Å². The summed E-state index contributed by atoms with van der Waals surface area (Å²) in [5.41, 5.74) is 0. The summed E-state index contributed by atoms with van der Waals surface area (Å²) in [7, 11) is 0. The highest BCUT2D eigenvalue weighted by Gasteiger charge is 2.30. The van der Waals surface area contributed by atoms with Gasteiger partial charge in [0, 0.05) is 18.4 Å². The zero-order chi connectivity index (χ0) is 11.4. The summed E-state index contributed by atoms with van der Waals surface area (Å²) in [6.45, 7) is 4.68. The van der Waals surface area contributed by atoms with E-state index < -0.39 is 0 Å². The number of rotatable bonds is 7. The topological polar surface area (TPSA) is 20.3 Å². The molecule has 0 aromatic carbocycles. The third-order valence-electron chi connectivity index (χ3n) is 4.06. The van der Waals surface area contributed by atoms with Gasteiger partial charge in [0.2, 0.25) is 0 Å². The third-order valence-corrected chi connectivity index (χ3v) is 4.06. The number of hydrogen-bond acceptors (Lipinski definition) is 2. The standard InChI is InChI=1S/C14H25NO/c1-2-3-10-15(13-7-8-13)11-9-12-5-4-6-14(12)16/h12-13H,2-11H2,1H3. The monoisotopic (exact) mass is 223 g/mol. The first-order valence-corrected chi connectivity index (χ1v) is 7.08. The van der Waals surface area contributed by atoms with Gasteiger partial charge in [-0.05, 0) is 51.6 Å². The highest BCUT2D eigenvalue weighted by atomic mass is 16.1. The van der Waals surface area contributed by atoms with Crippen LogP contribution in [0, 0.1) is 5.92 Å². The lowest BCUT2D eigenvalue weighted by Crippen LogP contribution is -2.30. The van der Waals surface area contributed by atoms with E-state index in [-0.39, 0.29) is 0 Å². The minimum Gasteiger partial charge on any atom is -0.300 e. The van der Waals surface area contributed by atoms with Crippen molar-refractivity contribution < 1.29 is 4.79 Å². The van der Waals surface area contributed by atoms with Gasteiger partial charge < -0.3 is 4.90 Å². The van der Waals surface area contributed by atoms with Crippen molar-refractivity contribution in [3.8, 4) is 0 Å². The van der Waals surface area contributed by atoms with Crippen LogP contribution in [-0.2, 0) is 4.79 Å². The molecule has 0 aromatic heterocycles. The average Bonchev–Trinajstić information content (AvgIpc) is 3.04. The molecule has 2 rings (SSSR count). The van der Waals surface area contributed by atoms with Crippen molar-refractivity contribution in [2.75, 3.05) is 13.1 Å². The summed E-state index contributed by atoms with van der Waals surface area (Å²) in [6.07, 6.45) is 9.65. The van der Waals surface area contributed by atoms with Crippen LogP contribution in [0.25, 0.3) is 0 Å². The van der Waals surface area contributed by atoms with Gasteiger partial charge in [-0.2, -0.15) is 0 Å². The molecule has 2 heteroatoms. The molecule has 16 heavy (non-hydrogen) atoms. The van der Waals surface area contributed by atoms with Crippen molar-refractivity contribution >= 4 is 5.78 Å².